The number of fused-ring (bicyclic) bond motifs is 1. The zero-order chi connectivity index (χ0) is 98.5. The first-order valence-electron chi connectivity index (χ1n) is 43.0. The van der Waals surface area contributed by atoms with Gasteiger partial charge in [0.05, 0.1) is 36.3 Å². The third-order valence-electron chi connectivity index (χ3n) is 19.2. The molecule has 0 saturated heterocycles. The maximum atomic E-state index is 12.6. The first kappa shape index (κ1) is 101. The predicted molar refractivity (Wildman–Crippen MR) is 512 cm³/mol. The molecule has 0 unspecified atom stereocenters. The van der Waals surface area contributed by atoms with Gasteiger partial charge in [-0.25, -0.2) is 19.5 Å². The van der Waals surface area contributed by atoms with Crippen molar-refractivity contribution in [3.8, 4) is 64.3 Å². The molecule has 17 aromatic rings. The summed E-state index contributed by atoms with van der Waals surface area (Å²) in [5.41, 5.74) is 4.27. The van der Waals surface area contributed by atoms with Crippen LogP contribution in [-0.4, -0.2) is 185 Å². The molecule has 1 aromatic carbocycles. The SMILES string of the molecule is Cc1cc(C)c(C(=O)NCCCNC(=O)c2cc(-c3cccs3)on2)o1.Cc1cncc(C(=O)NCCCNC(=O)c2cc(-c3cccs3)on2)n1.O=C(NCCCNC(=O)c1cc(-c2cccs2)on1)c1cc(-c2ccccc2)ccn1.O=C(NCCCNC(=O)c1cccc(C(F)(F)F)n1)c1cc(-c2cccs2)on1.O=C(NCCCNC(=O)c1nc2ccccn2n1)c1cc(-c2cccs2)on1. The van der Waals surface area contributed by atoms with Gasteiger partial charge in [0.15, 0.2) is 68.7 Å². The number of aromatic nitrogens is 12. The number of nitrogens with zero attached hydrogens (tertiary/aromatic N) is 12. The van der Waals surface area contributed by atoms with Gasteiger partial charge < -0.3 is 80.2 Å². The molecule has 0 aliphatic heterocycles. The van der Waals surface area contributed by atoms with Crippen molar-refractivity contribution in [3.63, 3.8) is 0 Å². The highest BCUT2D eigenvalue weighted by molar-refractivity contribution is 7.14. The topological polar surface area (TPSA) is 516 Å². The third kappa shape index (κ3) is 30.0. The van der Waals surface area contributed by atoms with Crippen LogP contribution in [0.5, 0.6) is 0 Å². The highest BCUT2D eigenvalue weighted by Gasteiger charge is 2.33. The van der Waals surface area contributed by atoms with Gasteiger partial charge >= 0.3 is 6.18 Å². The second kappa shape index (κ2) is 50.9. The Labute approximate surface area is 814 Å². The fourth-order valence-corrected chi connectivity index (χ4v) is 15.7. The third-order valence-corrected chi connectivity index (χ3v) is 23.6. The number of thiophene rings is 5. The lowest BCUT2D eigenvalue weighted by Crippen LogP contribution is -2.30. The Morgan fingerprint density at radius 2 is 0.714 bits per heavy atom. The average molecular weight is 2000 g/mol. The molecule has 0 saturated carbocycles. The van der Waals surface area contributed by atoms with Crippen LogP contribution >= 0.6 is 56.7 Å². The van der Waals surface area contributed by atoms with E-state index in [1.165, 1.54) is 79.5 Å². The molecule has 38 nitrogen and oxygen atoms in total. The zero-order valence-electron chi connectivity index (χ0n) is 74.6. The van der Waals surface area contributed by atoms with Crippen molar-refractivity contribution in [2.45, 2.75) is 59.1 Å². The number of hydrogen-bond donors (Lipinski definition) is 10. The number of nitrogens with one attached hydrogen (secondary N) is 10. The second-order valence-corrected chi connectivity index (χ2v) is 34.4. The quantitative estimate of drug-likeness (QED) is 0.0163. The lowest BCUT2D eigenvalue weighted by Gasteiger charge is -2.08. The maximum Gasteiger partial charge on any atom is 0.433 e. The van der Waals surface area contributed by atoms with Crippen LogP contribution in [-0.2, 0) is 6.18 Å². The lowest BCUT2D eigenvalue weighted by molar-refractivity contribution is -0.141. The number of aryl methyl sites for hydroxylation is 3. The van der Waals surface area contributed by atoms with Crippen LogP contribution in [0.3, 0.4) is 0 Å². The van der Waals surface area contributed by atoms with Crippen LogP contribution in [0.1, 0.15) is 160 Å². The minimum atomic E-state index is -4.62. The fourth-order valence-electron chi connectivity index (χ4n) is 12.4. The molecule has 0 radical (unpaired) electrons. The molecule has 140 heavy (non-hydrogen) atoms. The van der Waals surface area contributed by atoms with E-state index in [9.17, 15) is 61.1 Å². The molecular formula is C94H87F3N22O16S5. The van der Waals surface area contributed by atoms with E-state index >= 15 is 0 Å². The number of hydrogen-bond acceptors (Lipinski definition) is 32. The Bertz CT molecular complexity index is 6900. The van der Waals surface area contributed by atoms with Crippen LogP contribution in [0.25, 0.3) is 70.0 Å². The Morgan fingerprint density at radius 3 is 1.08 bits per heavy atom. The van der Waals surface area contributed by atoms with Crippen molar-refractivity contribution < 1.29 is 88.1 Å². The molecule has 10 N–H and O–H groups in total. The van der Waals surface area contributed by atoms with E-state index in [2.05, 4.69) is 109 Å². The molecule has 17 rings (SSSR count). The van der Waals surface area contributed by atoms with E-state index in [0.717, 1.165) is 53.2 Å². The summed E-state index contributed by atoms with van der Waals surface area (Å²) in [6, 6.07) is 50.7. The van der Waals surface area contributed by atoms with Crippen LogP contribution in [0.15, 0.2) is 255 Å². The number of carbonyl (C=O) groups is 10. The molecule has 720 valence electrons. The van der Waals surface area contributed by atoms with E-state index in [1.807, 2.05) is 149 Å². The van der Waals surface area contributed by atoms with Gasteiger partial charge in [-0.05, 0) is 164 Å². The Balaban J connectivity index is 0.000000148. The largest absolute Gasteiger partial charge is 0.456 e. The summed E-state index contributed by atoms with van der Waals surface area (Å²) in [6.07, 6.45) is 4.39. The molecule has 10 amide bonds. The van der Waals surface area contributed by atoms with Crippen LogP contribution in [0.4, 0.5) is 13.2 Å². The number of furan rings is 1. The van der Waals surface area contributed by atoms with Gasteiger partial charge in [0, 0.05) is 120 Å². The number of carbonyl (C=O) groups excluding carboxylic acids is 10. The number of rotatable bonds is 36. The van der Waals surface area contributed by atoms with Gasteiger partial charge in [0.2, 0.25) is 5.82 Å². The maximum absolute atomic E-state index is 12.6. The predicted octanol–water partition coefficient (Wildman–Crippen LogP) is 14.6. The van der Waals surface area contributed by atoms with E-state index in [-0.39, 0.29) is 106 Å². The zero-order valence-corrected chi connectivity index (χ0v) is 78.7. The summed E-state index contributed by atoms with van der Waals surface area (Å²) in [7, 11) is 0. The van der Waals surface area contributed by atoms with E-state index in [4.69, 9.17) is 27.0 Å². The molecule has 46 heteroatoms. The van der Waals surface area contributed by atoms with Crippen LogP contribution in [0.2, 0.25) is 0 Å². The second-order valence-electron chi connectivity index (χ2n) is 29.7. The lowest BCUT2D eigenvalue weighted by atomic mass is 10.1. The molecule has 16 aromatic heterocycles. The summed E-state index contributed by atoms with van der Waals surface area (Å²) in [5.74, 6) is 0.361. The minimum Gasteiger partial charge on any atom is -0.456 e. The van der Waals surface area contributed by atoms with Crippen molar-refractivity contribution in [3.05, 3.63) is 307 Å². The van der Waals surface area contributed by atoms with Crippen molar-refractivity contribution >= 4 is 121 Å². The number of pyridine rings is 3. The first-order valence-corrected chi connectivity index (χ1v) is 47.4. The highest BCUT2D eigenvalue weighted by Crippen LogP contribution is 2.32. The number of alkyl halides is 3. The van der Waals surface area contributed by atoms with E-state index < -0.39 is 23.7 Å². The first-order chi connectivity index (χ1) is 67.9. The van der Waals surface area contributed by atoms with Crippen molar-refractivity contribution in [1.82, 2.24) is 113 Å². The minimum absolute atomic E-state index is 0.110. The molecule has 0 aliphatic rings. The van der Waals surface area contributed by atoms with Gasteiger partial charge in [-0.3, -0.25) is 57.9 Å². The fraction of sp³-hybridized carbons (Fsp3) is 0.202. The average Bonchev–Trinajstić information content (AvgIpc) is 1.64. The van der Waals surface area contributed by atoms with Crippen LogP contribution < -0.4 is 53.2 Å². The Hall–Kier alpha value is -16.5. The Kier molecular flexibility index (Phi) is 36.7. The summed E-state index contributed by atoms with van der Waals surface area (Å²) in [5, 5.41) is 59.8. The summed E-state index contributed by atoms with van der Waals surface area (Å²) >= 11 is 7.51. The van der Waals surface area contributed by atoms with Gasteiger partial charge in [-0.15, -0.1) is 61.8 Å². The molecule has 0 atom stereocenters. The molecule has 16 heterocycles. The van der Waals surface area contributed by atoms with Crippen LogP contribution in [0, 0.1) is 20.8 Å². The van der Waals surface area contributed by atoms with Crippen molar-refractivity contribution in [2.75, 3.05) is 65.4 Å². The van der Waals surface area contributed by atoms with Gasteiger partial charge in [0.25, 0.3) is 59.1 Å². The molecular weight excluding hydrogens is 1910 g/mol. The highest BCUT2D eigenvalue weighted by atomic mass is 32.1. The smallest absolute Gasteiger partial charge is 0.433 e. The molecule has 0 spiro atoms. The summed E-state index contributed by atoms with van der Waals surface area (Å²) in [6.45, 7) is 9.02. The Morgan fingerprint density at radius 1 is 0.343 bits per heavy atom. The number of amides is 10. The summed E-state index contributed by atoms with van der Waals surface area (Å²) in [4.78, 5) is 145. The van der Waals surface area contributed by atoms with E-state index in [1.54, 1.807) is 68.8 Å². The monoisotopic (exact) mass is 2000 g/mol. The standard InChI is InChI=1S/C23H20N4O3S.C18H15F3N4O3S.C18H16N6O3S.C18H19N3O4S.C17H17N5O3S/c28-22(18-14-17(9-12-24-18)16-6-2-1-3-7-16)25-10-5-11-26-23(29)19-15-20(30-27-19)21-8-4-13-31-21;19-18(20,21)15-6-1-4-11(24-15)16(26)22-7-3-8-23-17(27)12-10-13(28-25-12)14-5-2-9-29-14;25-17(12-11-13(27-23-12)14-5-3-10-28-14)19-7-4-8-20-18(26)16-21-15-6-1-2-9-24(15)22-16;1-11-9-12(2)24-16(11)18(23)20-7-4-6-19-17(22)13-10-14(25-21-13)15-5-3-8-26-15;1-11-9-18-10-13(21-11)17(24)20-6-3-5-19-16(23)12-8-14(25-22-12)15-4-2-7-26-15/h1-4,6-9,12-15H,5,10-11H2,(H,25,28)(H,26,29);1-2,4-6,9-10H,3,7-8H2,(H,22,26)(H,23,27);1-3,5-6,9-11H,4,7-8H2,(H,19,25)(H,20,26);3,5,8-10H,4,6-7H2,1-2H3,(H,19,22)(H,20,23);2,4,7-10H,3,5-6H2,1H3,(H,19,23)(H,20,24). The molecule has 0 fully saturated rings. The molecule has 0 aliphatic carbocycles. The van der Waals surface area contributed by atoms with Crippen molar-refractivity contribution in [1.29, 1.82) is 0 Å². The summed E-state index contributed by atoms with van der Waals surface area (Å²) < 4.78 is 70.7. The van der Waals surface area contributed by atoms with Gasteiger partial charge in [-0.1, -0.05) is 98.6 Å². The number of benzene rings is 1. The van der Waals surface area contributed by atoms with Gasteiger partial charge in [0.1, 0.15) is 28.5 Å². The van der Waals surface area contributed by atoms with E-state index in [0.29, 0.717) is 142 Å². The van der Waals surface area contributed by atoms with Crippen molar-refractivity contribution in [2.24, 2.45) is 0 Å². The van der Waals surface area contributed by atoms with Gasteiger partial charge in [-0.2, -0.15) is 13.2 Å². The number of halogens is 3. The molecule has 0 bridgehead atoms. The normalized spacial score (nSPS) is 10.8.